The topological polar surface area (TPSA) is 32.5 Å². The van der Waals surface area contributed by atoms with Crippen molar-refractivity contribution in [2.45, 2.75) is 44.7 Å². The summed E-state index contributed by atoms with van der Waals surface area (Å²) in [6.45, 7) is 6.92. The Bertz CT molecular complexity index is 215. The molecule has 3 unspecified atom stereocenters. The predicted octanol–water partition coefficient (Wildman–Crippen LogP) is 1.14. The fourth-order valence-electron chi connectivity index (χ4n) is 3.59. The molecule has 0 aliphatic carbocycles. The van der Waals surface area contributed by atoms with Crippen LogP contribution in [0.2, 0.25) is 0 Å². The molecule has 0 aromatic carbocycles. The fourth-order valence-corrected chi connectivity index (χ4v) is 3.59. The number of rotatable bonds is 3. The summed E-state index contributed by atoms with van der Waals surface area (Å²) >= 11 is 0. The van der Waals surface area contributed by atoms with Gasteiger partial charge in [-0.05, 0) is 51.7 Å². The van der Waals surface area contributed by atoms with E-state index in [1.54, 1.807) is 0 Å². The maximum atomic E-state index is 5.86. The second kappa shape index (κ2) is 5.48. The Morgan fingerprint density at radius 3 is 2.81 bits per heavy atom. The van der Waals surface area contributed by atoms with Crippen LogP contribution in [0.1, 0.15) is 32.6 Å². The minimum atomic E-state index is 0.619. The van der Waals surface area contributed by atoms with Crippen LogP contribution < -0.4 is 5.73 Å². The Kier molecular flexibility index (Phi) is 4.22. The Balaban J connectivity index is 1.94. The van der Waals surface area contributed by atoms with E-state index in [0.29, 0.717) is 6.04 Å². The molecular weight excluding hydrogens is 198 g/mol. The maximum Gasteiger partial charge on any atom is 0.0215 e. The lowest BCUT2D eigenvalue weighted by atomic mass is 9.83. The number of nitrogens with zero attached hydrogens (tertiary/aromatic N) is 2. The van der Waals surface area contributed by atoms with Gasteiger partial charge in [-0.25, -0.2) is 0 Å². The molecule has 2 aliphatic rings. The number of nitrogens with two attached hydrogens (primary N) is 1. The van der Waals surface area contributed by atoms with Crippen molar-refractivity contribution in [3.63, 3.8) is 0 Å². The first-order chi connectivity index (χ1) is 7.76. The van der Waals surface area contributed by atoms with Gasteiger partial charge in [-0.2, -0.15) is 0 Å². The lowest BCUT2D eigenvalue weighted by Crippen LogP contribution is -2.55. The molecule has 2 fully saturated rings. The minimum Gasteiger partial charge on any atom is -0.329 e. The summed E-state index contributed by atoms with van der Waals surface area (Å²) < 4.78 is 0. The predicted molar refractivity (Wildman–Crippen MR) is 68.5 cm³/mol. The molecule has 0 spiro atoms. The maximum absolute atomic E-state index is 5.86. The van der Waals surface area contributed by atoms with Crippen LogP contribution in [0.15, 0.2) is 0 Å². The Labute approximate surface area is 100.0 Å². The second-order valence-electron chi connectivity index (χ2n) is 5.53. The molecule has 0 bridgehead atoms. The van der Waals surface area contributed by atoms with Crippen LogP contribution in [-0.4, -0.2) is 55.1 Å². The van der Waals surface area contributed by atoms with E-state index in [1.165, 1.54) is 45.3 Å². The van der Waals surface area contributed by atoms with Gasteiger partial charge in [0.25, 0.3) is 0 Å². The lowest BCUT2D eigenvalue weighted by Gasteiger charge is -2.47. The van der Waals surface area contributed by atoms with Gasteiger partial charge in [0, 0.05) is 25.2 Å². The molecule has 2 saturated heterocycles. The molecule has 16 heavy (non-hydrogen) atoms. The molecule has 2 rings (SSSR count). The highest BCUT2D eigenvalue weighted by molar-refractivity contribution is 4.91. The van der Waals surface area contributed by atoms with Gasteiger partial charge >= 0.3 is 0 Å². The van der Waals surface area contributed by atoms with E-state index in [1.807, 2.05) is 0 Å². The zero-order valence-electron chi connectivity index (χ0n) is 10.9. The first-order valence-electron chi connectivity index (χ1n) is 6.90. The number of piperidine rings is 2. The van der Waals surface area contributed by atoms with E-state index < -0.39 is 0 Å². The minimum absolute atomic E-state index is 0.619. The highest BCUT2D eigenvalue weighted by Gasteiger charge is 2.35. The van der Waals surface area contributed by atoms with Gasteiger partial charge in [0.1, 0.15) is 0 Å². The van der Waals surface area contributed by atoms with Crippen LogP contribution in [-0.2, 0) is 0 Å². The van der Waals surface area contributed by atoms with Crippen molar-refractivity contribution in [2.24, 2.45) is 11.7 Å². The van der Waals surface area contributed by atoms with Gasteiger partial charge < -0.3 is 10.6 Å². The Morgan fingerprint density at radius 2 is 2.12 bits per heavy atom. The number of likely N-dealkylation sites (tertiary alicyclic amines) is 2. The third kappa shape index (κ3) is 2.41. The van der Waals surface area contributed by atoms with Crippen molar-refractivity contribution < 1.29 is 0 Å². The van der Waals surface area contributed by atoms with E-state index in [9.17, 15) is 0 Å². The third-order valence-electron chi connectivity index (χ3n) is 4.64. The molecule has 94 valence electrons. The summed E-state index contributed by atoms with van der Waals surface area (Å²) in [7, 11) is 2.30. The molecular formula is C13H27N3. The van der Waals surface area contributed by atoms with E-state index in [-0.39, 0.29) is 0 Å². The molecule has 0 aromatic heterocycles. The molecule has 3 nitrogen and oxygen atoms in total. The van der Waals surface area contributed by atoms with E-state index in [4.69, 9.17) is 5.73 Å². The Hall–Kier alpha value is -0.120. The van der Waals surface area contributed by atoms with Crippen LogP contribution in [0, 0.1) is 5.92 Å². The summed E-state index contributed by atoms with van der Waals surface area (Å²) in [5, 5.41) is 0. The van der Waals surface area contributed by atoms with Crippen molar-refractivity contribution in [3.8, 4) is 0 Å². The molecule has 0 amide bonds. The van der Waals surface area contributed by atoms with Crippen LogP contribution in [0.25, 0.3) is 0 Å². The number of hydrogen-bond donors (Lipinski definition) is 1. The van der Waals surface area contributed by atoms with Crippen molar-refractivity contribution >= 4 is 0 Å². The van der Waals surface area contributed by atoms with Gasteiger partial charge in [-0.15, -0.1) is 0 Å². The lowest BCUT2D eigenvalue weighted by molar-refractivity contribution is 0.0209. The van der Waals surface area contributed by atoms with Crippen molar-refractivity contribution in [1.82, 2.24) is 9.80 Å². The molecule has 2 aliphatic heterocycles. The van der Waals surface area contributed by atoms with Crippen molar-refractivity contribution in [1.29, 1.82) is 0 Å². The molecule has 3 atom stereocenters. The van der Waals surface area contributed by atoms with Crippen LogP contribution in [0.5, 0.6) is 0 Å². The average Bonchev–Trinajstić information content (AvgIpc) is 2.31. The second-order valence-corrected chi connectivity index (χ2v) is 5.53. The van der Waals surface area contributed by atoms with Gasteiger partial charge in [0.15, 0.2) is 0 Å². The Morgan fingerprint density at radius 1 is 1.31 bits per heavy atom. The third-order valence-corrected chi connectivity index (χ3v) is 4.64. The van der Waals surface area contributed by atoms with Crippen LogP contribution in [0.4, 0.5) is 0 Å². The smallest absolute Gasteiger partial charge is 0.0215 e. The fraction of sp³-hybridized carbons (Fsp3) is 1.00. The molecule has 2 heterocycles. The molecule has 0 aromatic rings. The molecule has 0 saturated carbocycles. The van der Waals surface area contributed by atoms with Gasteiger partial charge in [-0.1, -0.05) is 6.92 Å². The zero-order valence-corrected chi connectivity index (χ0v) is 10.9. The summed E-state index contributed by atoms with van der Waals surface area (Å²) in [5.74, 6) is 0.896. The van der Waals surface area contributed by atoms with Gasteiger partial charge in [0.05, 0.1) is 0 Å². The van der Waals surface area contributed by atoms with Crippen LogP contribution >= 0.6 is 0 Å². The normalized spacial score (nSPS) is 34.7. The van der Waals surface area contributed by atoms with Gasteiger partial charge in [0.2, 0.25) is 0 Å². The van der Waals surface area contributed by atoms with Gasteiger partial charge in [-0.3, -0.25) is 4.90 Å². The largest absolute Gasteiger partial charge is 0.329 e. The van der Waals surface area contributed by atoms with Crippen molar-refractivity contribution in [3.05, 3.63) is 0 Å². The molecule has 2 N–H and O–H groups in total. The monoisotopic (exact) mass is 225 g/mol. The SMILES string of the molecule is CCC(CN)N1CCC2C(CCCN2C)C1. The average molecular weight is 225 g/mol. The summed E-state index contributed by atoms with van der Waals surface area (Å²) in [5.41, 5.74) is 5.86. The summed E-state index contributed by atoms with van der Waals surface area (Å²) in [6, 6.07) is 1.47. The quantitative estimate of drug-likeness (QED) is 0.782. The first-order valence-corrected chi connectivity index (χ1v) is 6.90. The van der Waals surface area contributed by atoms with Crippen LogP contribution in [0.3, 0.4) is 0 Å². The number of hydrogen-bond acceptors (Lipinski definition) is 3. The van der Waals surface area contributed by atoms with E-state index in [2.05, 4.69) is 23.8 Å². The standard InChI is InChI=1S/C13H27N3/c1-3-12(9-14)16-8-6-13-11(10-16)5-4-7-15(13)2/h11-13H,3-10,14H2,1-2H3. The molecule has 3 heteroatoms. The van der Waals surface area contributed by atoms with E-state index in [0.717, 1.165) is 18.5 Å². The highest BCUT2D eigenvalue weighted by atomic mass is 15.2. The zero-order chi connectivity index (χ0) is 11.5. The first kappa shape index (κ1) is 12.3. The summed E-state index contributed by atoms with van der Waals surface area (Å²) in [6.07, 6.45) is 5.35. The highest BCUT2D eigenvalue weighted by Crippen LogP contribution is 2.30. The summed E-state index contributed by atoms with van der Waals surface area (Å²) in [4.78, 5) is 5.22. The van der Waals surface area contributed by atoms with E-state index >= 15 is 0 Å². The molecule has 0 radical (unpaired) electrons. The number of fused-ring (bicyclic) bond motifs is 1. The van der Waals surface area contributed by atoms with Crippen molar-refractivity contribution in [2.75, 3.05) is 33.2 Å².